The molecule has 1 fully saturated rings. The van der Waals surface area contributed by atoms with Crippen LogP contribution in [0.5, 0.6) is 0 Å². The maximum absolute atomic E-state index is 2.49. The molecule has 13 heavy (non-hydrogen) atoms. The predicted octanol–water partition coefficient (Wildman–Crippen LogP) is 4.64. The Balaban J connectivity index is 2.14. The molecular weight excluding hydrogens is 156 g/mol. The van der Waals surface area contributed by atoms with Crippen LogP contribution in [0.25, 0.3) is 0 Å². The summed E-state index contributed by atoms with van der Waals surface area (Å²) in [6, 6.07) is 0. The molecule has 0 nitrogen and oxygen atoms in total. The zero-order valence-electron chi connectivity index (χ0n) is 9.90. The molecule has 0 aliphatic heterocycles. The maximum Gasteiger partial charge on any atom is -0.0295 e. The molecule has 0 heterocycles. The van der Waals surface area contributed by atoms with Gasteiger partial charge in [0.25, 0.3) is 0 Å². The van der Waals surface area contributed by atoms with Gasteiger partial charge in [-0.25, -0.2) is 0 Å². The van der Waals surface area contributed by atoms with Gasteiger partial charge in [-0.15, -0.1) is 0 Å². The van der Waals surface area contributed by atoms with Crippen LogP contribution in [0, 0.1) is 17.3 Å². The van der Waals surface area contributed by atoms with Gasteiger partial charge in [0.2, 0.25) is 0 Å². The fraction of sp³-hybridized carbons (Fsp3) is 1.00. The van der Waals surface area contributed by atoms with Crippen molar-refractivity contribution in [3.63, 3.8) is 0 Å². The second kappa shape index (κ2) is 4.48. The Morgan fingerprint density at radius 2 is 1.85 bits per heavy atom. The third kappa shape index (κ3) is 2.48. The van der Waals surface area contributed by atoms with Crippen molar-refractivity contribution in [2.45, 2.75) is 66.2 Å². The summed E-state index contributed by atoms with van der Waals surface area (Å²) in [6.45, 7) is 9.62. The van der Waals surface area contributed by atoms with Crippen molar-refractivity contribution < 1.29 is 0 Å². The standard InChI is InChI=1S/C13H26/c1-5-6-7-8-9-13(4)10-11(2)12(13)3/h11-12H,5-10H2,1-4H3. The lowest BCUT2D eigenvalue weighted by molar-refractivity contribution is -0.0132. The quantitative estimate of drug-likeness (QED) is 0.543. The molecule has 0 spiro atoms. The Morgan fingerprint density at radius 1 is 1.15 bits per heavy atom. The van der Waals surface area contributed by atoms with E-state index in [0.717, 1.165) is 11.8 Å². The van der Waals surface area contributed by atoms with Crippen molar-refractivity contribution in [3.05, 3.63) is 0 Å². The molecule has 0 aromatic heterocycles. The molecule has 0 N–H and O–H groups in total. The Labute approximate surface area is 84.1 Å². The predicted molar refractivity (Wildman–Crippen MR) is 59.8 cm³/mol. The lowest BCUT2D eigenvalue weighted by Gasteiger charge is -2.51. The molecular formula is C13H26. The molecule has 78 valence electrons. The minimum Gasteiger partial charge on any atom is -0.0654 e. The van der Waals surface area contributed by atoms with Crippen LogP contribution in [-0.2, 0) is 0 Å². The van der Waals surface area contributed by atoms with Crippen molar-refractivity contribution in [1.29, 1.82) is 0 Å². The minimum atomic E-state index is 0.702. The van der Waals surface area contributed by atoms with E-state index in [9.17, 15) is 0 Å². The maximum atomic E-state index is 2.49. The largest absolute Gasteiger partial charge is 0.0654 e. The van der Waals surface area contributed by atoms with Crippen molar-refractivity contribution >= 4 is 0 Å². The second-order valence-corrected chi connectivity index (χ2v) is 5.43. The molecule has 1 saturated carbocycles. The zero-order valence-corrected chi connectivity index (χ0v) is 9.90. The molecule has 0 amide bonds. The first kappa shape index (κ1) is 11.1. The smallest absolute Gasteiger partial charge is 0.0295 e. The van der Waals surface area contributed by atoms with Crippen molar-refractivity contribution in [1.82, 2.24) is 0 Å². The van der Waals surface area contributed by atoms with Crippen LogP contribution >= 0.6 is 0 Å². The summed E-state index contributed by atoms with van der Waals surface area (Å²) < 4.78 is 0. The number of hydrogen-bond donors (Lipinski definition) is 0. The molecule has 1 aliphatic rings. The first-order valence-electron chi connectivity index (χ1n) is 6.10. The monoisotopic (exact) mass is 182 g/mol. The highest BCUT2D eigenvalue weighted by Crippen LogP contribution is 2.53. The Hall–Kier alpha value is 0. The van der Waals surface area contributed by atoms with E-state index in [-0.39, 0.29) is 0 Å². The fourth-order valence-electron chi connectivity index (χ4n) is 2.91. The van der Waals surface area contributed by atoms with Crippen LogP contribution in [-0.4, -0.2) is 0 Å². The molecule has 0 saturated heterocycles. The molecule has 0 aromatic carbocycles. The van der Waals surface area contributed by atoms with Crippen LogP contribution < -0.4 is 0 Å². The summed E-state index contributed by atoms with van der Waals surface area (Å²) in [7, 11) is 0. The van der Waals surface area contributed by atoms with Crippen LogP contribution in [0.15, 0.2) is 0 Å². The average molecular weight is 182 g/mol. The van der Waals surface area contributed by atoms with Crippen molar-refractivity contribution in [2.75, 3.05) is 0 Å². The normalized spacial score (nSPS) is 38.8. The van der Waals surface area contributed by atoms with Gasteiger partial charge in [0.15, 0.2) is 0 Å². The molecule has 0 bridgehead atoms. The molecule has 3 unspecified atom stereocenters. The van der Waals surface area contributed by atoms with Gasteiger partial charge in [0.05, 0.1) is 0 Å². The molecule has 0 aromatic rings. The van der Waals surface area contributed by atoms with E-state index in [4.69, 9.17) is 0 Å². The third-order valence-electron chi connectivity index (χ3n) is 4.34. The highest BCUT2D eigenvalue weighted by atomic mass is 14.5. The highest BCUT2D eigenvalue weighted by molar-refractivity contribution is 4.93. The molecule has 1 rings (SSSR count). The molecule has 0 heteroatoms. The number of hydrogen-bond acceptors (Lipinski definition) is 0. The van der Waals surface area contributed by atoms with E-state index < -0.39 is 0 Å². The summed E-state index contributed by atoms with van der Waals surface area (Å²) in [5.74, 6) is 1.95. The third-order valence-corrected chi connectivity index (χ3v) is 4.34. The first-order valence-corrected chi connectivity index (χ1v) is 6.10. The average Bonchev–Trinajstić information content (AvgIpc) is 2.12. The Morgan fingerprint density at radius 3 is 2.31 bits per heavy atom. The van der Waals surface area contributed by atoms with Crippen LogP contribution in [0.3, 0.4) is 0 Å². The SMILES string of the molecule is CCCCCCC1(C)CC(C)C1C. The van der Waals surface area contributed by atoms with Crippen LogP contribution in [0.1, 0.15) is 66.2 Å². The second-order valence-electron chi connectivity index (χ2n) is 5.43. The molecule has 1 aliphatic carbocycles. The molecule has 3 atom stereocenters. The van der Waals surface area contributed by atoms with Gasteiger partial charge in [-0.05, 0) is 30.1 Å². The van der Waals surface area contributed by atoms with E-state index in [1.54, 1.807) is 0 Å². The Kier molecular flexibility index (Phi) is 3.82. The van der Waals surface area contributed by atoms with Gasteiger partial charge < -0.3 is 0 Å². The van der Waals surface area contributed by atoms with Gasteiger partial charge in [-0.3, -0.25) is 0 Å². The van der Waals surface area contributed by atoms with E-state index >= 15 is 0 Å². The number of unbranched alkanes of at least 4 members (excludes halogenated alkanes) is 3. The van der Waals surface area contributed by atoms with Gasteiger partial charge >= 0.3 is 0 Å². The zero-order chi connectivity index (χ0) is 9.90. The lowest BCUT2D eigenvalue weighted by atomic mass is 9.54. The van der Waals surface area contributed by atoms with Gasteiger partial charge in [0, 0.05) is 0 Å². The fourth-order valence-corrected chi connectivity index (χ4v) is 2.91. The van der Waals surface area contributed by atoms with Gasteiger partial charge in [-0.1, -0.05) is 53.4 Å². The van der Waals surface area contributed by atoms with E-state index in [0.29, 0.717) is 5.41 Å². The minimum absolute atomic E-state index is 0.702. The first-order chi connectivity index (χ1) is 6.10. The van der Waals surface area contributed by atoms with E-state index in [2.05, 4.69) is 27.7 Å². The van der Waals surface area contributed by atoms with Gasteiger partial charge in [-0.2, -0.15) is 0 Å². The topological polar surface area (TPSA) is 0 Å². The summed E-state index contributed by atoms with van der Waals surface area (Å²) in [5.41, 5.74) is 0.702. The lowest BCUT2D eigenvalue weighted by Crippen LogP contribution is -2.42. The summed E-state index contributed by atoms with van der Waals surface area (Å²) in [4.78, 5) is 0. The van der Waals surface area contributed by atoms with Crippen LogP contribution in [0.2, 0.25) is 0 Å². The van der Waals surface area contributed by atoms with Crippen molar-refractivity contribution in [3.8, 4) is 0 Å². The van der Waals surface area contributed by atoms with E-state index in [1.165, 1.54) is 38.5 Å². The summed E-state index contributed by atoms with van der Waals surface area (Å²) in [6.07, 6.45) is 8.65. The Bertz CT molecular complexity index is 150. The van der Waals surface area contributed by atoms with E-state index in [1.807, 2.05) is 0 Å². The van der Waals surface area contributed by atoms with Crippen LogP contribution in [0.4, 0.5) is 0 Å². The number of rotatable bonds is 5. The van der Waals surface area contributed by atoms with Crippen molar-refractivity contribution in [2.24, 2.45) is 17.3 Å². The van der Waals surface area contributed by atoms with Gasteiger partial charge in [0.1, 0.15) is 0 Å². The molecule has 0 radical (unpaired) electrons. The summed E-state index contributed by atoms with van der Waals surface area (Å²) >= 11 is 0. The highest BCUT2D eigenvalue weighted by Gasteiger charge is 2.44. The summed E-state index contributed by atoms with van der Waals surface area (Å²) in [5, 5.41) is 0.